The summed E-state index contributed by atoms with van der Waals surface area (Å²) in [6, 6.07) is 5.31. The minimum absolute atomic E-state index is 0.183. The number of aromatic nitrogens is 1. The quantitative estimate of drug-likeness (QED) is 0.618. The summed E-state index contributed by atoms with van der Waals surface area (Å²) >= 11 is 2.10. The molecule has 0 amide bonds. The molecule has 5 heteroatoms. The van der Waals surface area contributed by atoms with E-state index in [9.17, 15) is 9.18 Å². The first kappa shape index (κ1) is 14.9. The third-order valence-electron chi connectivity index (χ3n) is 1.98. The van der Waals surface area contributed by atoms with Gasteiger partial charge in [0.25, 0.3) is 6.47 Å². The zero-order valence-electron chi connectivity index (χ0n) is 10.5. The molecule has 1 N–H and O–H groups in total. The first-order valence-corrected chi connectivity index (χ1v) is 6.45. The maximum absolute atomic E-state index is 13.0. The van der Waals surface area contributed by atoms with E-state index < -0.39 is 0 Å². The molecule has 98 valence electrons. The number of carbonyl (C=O) groups is 1. The molecule has 0 spiro atoms. The summed E-state index contributed by atoms with van der Waals surface area (Å²) in [6.45, 7) is 5.92. The van der Waals surface area contributed by atoms with E-state index in [4.69, 9.17) is 0 Å². The molecule has 18 heavy (non-hydrogen) atoms. The van der Waals surface area contributed by atoms with Gasteiger partial charge in [-0.05, 0) is 61.6 Å². The molecule has 1 aromatic heterocycles. The van der Waals surface area contributed by atoms with Gasteiger partial charge in [-0.2, -0.15) is 0 Å². The van der Waals surface area contributed by atoms with Crippen molar-refractivity contribution in [3.8, 4) is 0 Å². The van der Waals surface area contributed by atoms with Crippen molar-refractivity contribution in [3.05, 3.63) is 33.8 Å². The van der Waals surface area contributed by atoms with Gasteiger partial charge in [-0.25, -0.2) is 4.39 Å². The lowest BCUT2D eigenvalue weighted by molar-refractivity contribution is -0.138. The molecule has 0 bridgehead atoms. The van der Waals surface area contributed by atoms with Crippen LogP contribution in [0, 0.1) is 9.39 Å². The van der Waals surface area contributed by atoms with E-state index in [1.54, 1.807) is 6.20 Å². The molecule has 0 saturated heterocycles. The summed E-state index contributed by atoms with van der Waals surface area (Å²) in [6.07, 6.45) is 1.74. The molecule has 0 fully saturated rings. The van der Waals surface area contributed by atoms with E-state index in [-0.39, 0.29) is 11.4 Å². The number of benzene rings is 1. The Morgan fingerprint density at radius 3 is 2.56 bits per heavy atom. The zero-order chi connectivity index (χ0) is 13.8. The molecule has 1 aromatic carbocycles. The highest BCUT2D eigenvalue weighted by atomic mass is 127. The van der Waals surface area contributed by atoms with E-state index >= 15 is 0 Å². The van der Waals surface area contributed by atoms with Crippen molar-refractivity contribution in [2.75, 3.05) is 0 Å². The van der Waals surface area contributed by atoms with Gasteiger partial charge in [0.1, 0.15) is 11.4 Å². The number of carbonyl (C=O) groups excluding carboxylic acids is 1. The van der Waals surface area contributed by atoms with Crippen molar-refractivity contribution in [1.29, 1.82) is 0 Å². The van der Waals surface area contributed by atoms with Crippen LogP contribution in [0.3, 0.4) is 0 Å². The Balaban J connectivity index is 0.000000203. The molecule has 2 rings (SSSR count). The van der Waals surface area contributed by atoms with Gasteiger partial charge in [0, 0.05) is 15.2 Å². The number of ether oxygens (including phenoxy) is 1. The molecule has 0 aliphatic rings. The Hall–Kier alpha value is -1.11. The van der Waals surface area contributed by atoms with Crippen LogP contribution in [-0.2, 0) is 9.53 Å². The van der Waals surface area contributed by atoms with E-state index in [0.717, 1.165) is 8.96 Å². The molecule has 3 nitrogen and oxygen atoms in total. The third-order valence-corrected chi connectivity index (χ3v) is 2.60. The van der Waals surface area contributed by atoms with Crippen molar-refractivity contribution in [1.82, 2.24) is 4.98 Å². The van der Waals surface area contributed by atoms with Crippen LogP contribution in [0.4, 0.5) is 4.39 Å². The lowest BCUT2D eigenvalue weighted by Gasteiger charge is -2.14. The molecule has 0 unspecified atom stereocenters. The van der Waals surface area contributed by atoms with Gasteiger partial charge in [-0.3, -0.25) is 4.79 Å². The summed E-state index contributed by atoms with van der Waals surface area (Å²) in [7, 11) is 0. The van der Waals surface area contributed by atoms with Crippen LogP contribution in [0.2, 0.25) is 0 Å². The van der Waals surface area contributed by atoms with Gasteiger partial charge >= 0.3 is 0 Å². The average Bonchev–Trinajstić information content (AvgIpc) is 2.64. The lowest BCUT2D eigenvalue weighted by Crippen LogP contribution is -2.17. The number of hydrogen-bond acceptors (Lipinski definition) is 2. The van der Waals surface area contributed by atoms with Crippen LogP contribution in [0.5, 0.6) is 0 Å². The molecule has 0 radical (unpaired) electrons. The molecular formula is C13H15FINO2. The number of aromatic amines is 1. The fourth-order valence-corrected chi connectivity index (χ4v) is 1.85. The minimum Gasteiger partial charge on any atom is -0.462 e. The van der Waals surface area contributed by atoms with Crippen LogP contribution in [-0.4, -0.2) is 17.1 Å². The van der Waals surface area contributed by atoms with E-state index in [1.165, 1.54) is 6.07 Å². The van der Waals surface area contributed by atoms with Gasteiger partial charge in [0.15, 0.2) is 0 Å². The summed E-state index contributed by atoms with van der Waals surface area (Å²) < 4.78 is 18.5. The predicted octanol–water partition coefficient (Wildman–Crippen LogP) is 3.87. The van der Waals surface area contributed by atoms with Crippen LogP contribution >= 0.6 is 22.6 Å². The second-order valence-corrected chi connectivity index (χ2v) is 5.90. The van der Waals surface area contributed by atoms with E-state index in [1.807, 2.05) is 32.9 Å². The zero-order valence-corrected chi connectivity index (χ0v) is 12.6. The second kappa shape index (κ2) is 6.17. The number of fused-ring (bicyclic) bond motifs is 1. The Kier molecular flexibility index (Phi) is 5.13. The minimum atomic E-state index is -0.318. The SMILES string of the molecule is CC(C)(C)OC=O.Fc1cc(I)cc2cc[nH]c12. The highest BCUT2D eigenvalue weighted by Gasteiger charge is 2.07. The first-order chi connectivity index (χ1) is 8.33. The third kappa shape index (κ3) is 4.64. The number of halogens is 2. The number of nitrogens with one attached hydrogen (secondary N) is 1. The predicted molar refractivity (Wildman–Crippen MR) is 77.9 cm³/mol. The Bertz CT molecular complexity index is 531. The monoisotopic (exact) mass is 363 g/mol. The maximum Gasteiger partial charge on any atom is 0.293 e. The lowest BCUT2D eigenvalue weighted by atomic mass is 10.2. The molecule has 2 aromatic rings. The van der Waals surface area contributed by atoms with Crippen LogP contribution in [0.25, 0.3) is 10.9 Å². The molecule has 0 aliphatic carbocycles. The molecular weight excluding hydrogens is 348 g/mol. The van der Waals surface area contributed by atoms with E-state index in [2.05, 4.69) is 32.3 Å². The first-order valence-electron chi connectivity index (χ1n) is 5.37. The smallest absolute Gasteiger partial charge is 0.293 e. The van der Waals surface area contributed by atoms with Crippen molar-refractivity contribution in [3.63, 3.8) is 0 Å². The normalized spacial score (nSPS) is 10.7. The van der Waals surface area contributed by atoms with Gasteiger partial charge in [0.05, 0.1) is 5.52 Å². The summed E-state index contributed by atoms with van der Waals surface area (Å²) in [4.78, 5) is 12.4. The standard InChI is InChI=1S/C8H5FIN.C5H10O2/c9-7-4-6(10)3-5-1-2-11-8(5)7;1-5(2,3)7-4-6/h1-4,11H;4H,1-3H3. The average molecular weight is 363 g/mol. The fourth-order valence-electron chi connectivity index (χ4n) is 1.24. The number of rotatable bonds is 1. The largest absolute Gasteiger partial charge is 0.462 e. The molecule has 0 atom stereocenters. The highest BCUT2D eigenvalue weighted by molar-refractivity contribution is 14.1. The van der Waals surface area contributed by atoms with Gasteiger partial charge in [-0.15, -0.1) is 0 Å². The Morgan fingerprint density at radius 1 is 1.39 bits per heavy atom. The summed E-state index contributed by atoms with van der Waals surface area (Å²) in [5.74, 6) is -0.183. The molecule has 0 saturated carbocycles. The Labute approximate surface area is 119 Å². The van der Waals surface area contributed by atoms with Gasteiger partial charge in [0.2, 0.25) is 0 Å². The highest BCUT2D eigenvalue weighted by Crippen LogP contribution is 2.19. The summed E-state index contributed by atoms with van der Waals surface area (Å²) in [5, 5.41) is 0.925. The van der Waals surface area contributed by atoms with Gasteiger partial charge in [-0.1, -0.05) is 0 Å². The summed E-state index contributed by atoms with van der Waals surface area (Å²) in [5.41, 5.74) is 0.271. The Morgan fingerprint density at radius 2 is 2.06 bits per heavy atom. The van der Waals surface area contributed by atoms with Crippen LogP contribution < -0.4 is 0 Å². The van der Waals surface area contributed by atoms with Crippen molar-refractivity contribution >= 4 is 40.0 Å². The molecule has 1 heterocycles. The number of H-pyrrole nitrogens is 1. The fraction of sp³-hybridized carbons (Fsp3) is 0.308. The van der Waals surface area contributed by atoms with Crippen molar-refractivity contribution in [2.24, 2.45) is 0 Å². The number of hydrogen-bond donors (Lipinski definition) is 1. The van der Waals surface area contributed by atoms with E-state index in [0.29, 0.717) is 12.0 Å². The second-order valence-electron chi connectivity index (χ2n) is 4.66. The molecule has 0 aliphatic heterocycles. The van der Waals surface area contributed by atoms with Crippen molar-refractivity contribution in [2.45, 2.75) is 26.4 Å². The topological polar surface area (TPSA) is 42.1 Å². The maximum atomic E-state index is 13.0. The van der Waals surface area contributed by atoms with Gasteiger partial charge < -0.3 is 9.72 Å². The van der Waals surface area contributed by atoms with Crippen molar-refractivity contribution < 1.29 is 13.9 Å². The van der Waals surface area contributed by atoms with Crippen LogP contribution in [0.1, 0.15) is 20.8 Å². The van der Waals surface area contributed by atoms with Crippen LogP contribution in [0.15, 0.2) is 24.4 Å².